The smallest absolute Gasteiger partial charge is 0.415 e. The maximum absolute atomic E-state index is 12.0. The first-order valence-electron chi connectivity index (χ1n) is 7.89. The molecular formula is C16H27NO2. The summed E-state index contributed by atoms with van der Waals surface area (Å²) in [5, 5.41) is 0. The predicted octanol–water partition coefficient (Wildman–Crippen LogP) is 4.63. The van der Waals surface area contributed by atoms with Crippen molar-refractivity contribution >= 4 is 6.09 Å². The van der Waals surface area contributed by atoms with Gasteiger partial charge in [0.1, 0.15) is 0 Å². The van der Waals surface area contributed by atoms with Gasteiger partial charge in [-0.1, -0.05) is 45.6 Å². The summed E-state index contributed by atoms with van der Waals surface area (Å²) in [7, 11) is 0. The molecule has 3 nitrogen and oxygen atoms in total. The Bertz CT molecular complexity index is 332. The highest BCUT2D eigenvalue weighted by Crippen LogP contribution is 2.43. The van der Waals surface area contributed by atoms with Crippen molar-refractivity contribution in [1.82, 2.24) is 4.90 Å². The van der Waals surface area contributed by atoms with Gasteiger partial charge >= 0.3 is 6.09 Å². The van der Waals surface area contributed by atoms with E-state index in [2.05, 4.69) is 13.5 Å². The normalized spacial score (nSPS) is 22.1. The van der Waals surface area contributed by atoms with Gasteiger partial charge in [0.05, 0.1) is 5.70 Å². The van der Waals surface area contributed by atoms with E-state index in [4.69, 9.17) is 4.74 Å². The molecule has 108 valence electrons. The average Bonchev–Trinajstić information content (AvgIpc) is 2.63. The van der Waals surface area contributed by atoms with E-state index in [0.717, 1.165) is 44.3 Å². The van der Waals surface area contributed by atoms with Gasteiger partial charge in [0.15, 0.2) is 5.60 Å². The van der Waals surface area contributed by atoms with Gasteiger partial charge in [-0.3, -0.25) is 4.90 Å². The Balaban J connectivity index is 1.84. The third kappa shape index (κ3) is 3.13. The Hall–Kier alpha value is -0.990. The van der Waals surface area contributed by atoms with Crippen molar-refractivity contribution in [1.29, 1.82) is 0 Å². The molecule has 0 aromatic rings. The van der Waals surface area contributed by atoms with Gasteiger partial charge in [-0.25, -0.2) is 4.79 Å². The number of hydrogen-bond acceptors (Lipinski definition) is 2. The van der Waals surface area contributed by atoms with Crippen LogP contribution in [-0.4, -0.2) is 23.1 Å². The quantitative estimate of drug-likeness (QED) is 0.655. The Labute approximate surface area is 117 Å². The fraction of sp³-hybridized carbons (Fsp3) is 0.812. The maximum atomic E-state index is 12.0. The van der Waals surface area contributed by atoms with Crippen LogP contribution in [0.4, 0.5) is 4.79 Å². The molecule has 1 saturated carbocycles. The molecule has 0 radical (unpaired) electrons. The van der Waals surface area contributed by atoms with E-state index in [-0.39, 0.29) is 11.7 Å². The molecule has 19 heavy (non-hydrogen) atoms. The molecule has 1 saturated heterocycles. The van der Waals surface area contributed by atoms with Crippen LogP contribution in [0.1, 0.15) is 71.1 Å². The summed E-state index contributed by atoms with van der Waals surface area (Å²) in [6, 6.07) is 0. The maximum Gasteiger partial charge on any atom is 0.415 e. The zero-order chi connectivity index (χ0) is 13.7. The zero-order valence-corrected chi connectivity index (χ0v) is 12.2. The molecule has 1 amide bonds. The number of carbonyl (C=O) groups is 1. The summed E-state index contributed by atoms with van der Waals surface area (Å²) in [5.74, 6) is 0. The molecule has 1 aliphatic heterocycles. The standard InChI is InChI=1S/C16H27NO2/c1-3-4-5-6-10-13-17-14(2)16(19-15(17)18)11-8-7-9-12-16/h2-13H2,1H3. The Morgan fingerprint density at radius 3 is 2.53 bits per heavy atom. The molecular weight excluding hydrogens is 238 g/mol. The SMILES string of the molecule is C=C1N(CCCCCCC)C(=O)OC12CCCCC2. The van der Waals surface area contributed by atoms with Crippen LogP contribution < -0.4 is 0 Å². The predicted molar refractivity (Wildman–Crippen MR) is 76.9 cm³/mol. The third-order valence-corrected chi connectivity index (χ3v) is 4.50. The largest absolute Gasteiger partial charge is 0.436 e. The lowest BCUT2D eigenvalue weighted by Gasteiger charge is -2.32. The van der Waals surface area contributed by atoms with E-state index in [1.165, 1.54) is 32.1 Å². The van der Waals surface area contributed by atoms with Crippen molar-refractivity contribution < 1.29 is 9.53 Å². The number of nitrogens with zero attached hydrogens (tertiary/aromatic N) is 1. The number of hydrogen-bond donors (Lipinski definition) is 0. The fourth-order valence-electron chi connectivity index (χ4n) is 3.25. The van der Waals surface area contributed by atoms with Crippen LogP contribution in [-0.2, 0) is 4.74 Å². The summed E-state index contributed by atoms with van der Waals surface area (Å²) in [6.45, 7) is 7.15. The fourth-order valence-corrected chi connectivity index (χ4v) is 3.25. The highest BCUT2D eigenvalue weighted by molar-refractivity contribution is 5.74. The summed E-state index contributed by atoms with van der Waals surface area (Å²) >= 11 is 0. The zero-order valence-electron chi connectivity index (χ0n) is 12.2. The van der Waals surface area contributed by atoms with Gasteiger partial charge in [-0.15, -0.1) is 0 Å². The number of amides is 1. The average molecular weight is 265 g/mol. The second-order valence-electron chi connectivity index (χ2n) is 5.94. The first-order valence-corrected chi connectivity index (χ1v) is 7.89. The molecule has 2 aliphatic rings. The highest BCUT2D eigenvalue weighted by atomic mass is 16.6. The van der Waals surface area contributed by atoms with Crippen molar-refractivity contribution in [3.05, 3.63) is 12.3 Å². The van der Waals surface area contributed by atoms with Crippen LogP contribution >= 0.6 is 0 Å². The van der Waals surface area contributed by atoms with Crippen molar-refractivity contribution in [2.45, 2.75) is 76.7 Å². The molecule has 2 fully saturated rings. The van der Waals surface area contributed by atoms with E-state index >= 15 is 0 Å². The minimum absolute atomic E-state index is 0.164. The Morgan fingerprint density at radius 1 is 1.16 bits per heavy atom. The van der Waals surface area contributed by atoms with E-state index in [1.807, 2.05) is 0 Å². The molecule has 1 spiro atoms. The second-order valence-corrected chi connectivity index (χ2v) is 5.94. The van der Waals surface area contributed by atoms with Gasteiger partial charge in [0, 0.05) is 6.54 Å². The summed E-state index contributed by atoms with van der Waals surface area (Å²) in [5.41, 5.74) is 0.575. The Morgan fingerprint density at radius 2 is 1.84 bits per heavy atom. The Kier molecular flexibility index (Phi) is 4.89. The number of ether oxygens (including phenoxy) is 1. The van der Waals surface area contributed by atoms with E-state index in [1.54, 1.807) is 4.90 Å². The topological polar surface area (TPSA) is 29.5 Å². The lowest BCUT2D eigenvalue weighted by molar-refractivity contribution is 0.0401. The van der Waals surface area contributed by atoms with Gasteiger partial charge in [0.25, 0.3) is 0 Å². The second kappa shape index (κ2) is 6.44. The monoisotopic (exact) mass is 265 g/mol. The van der Waals surface area contributed by atoms with Crippen LogP contribution in [0.3, 0.4) is 0 Å². The molecule has 0 aromatic carbocycles. The van der Waals surface area contributed by atoms with E-state index in [9.17, 15) is 4.79 Å². The minimum Gasteiger partial charge on any atom is -0.436 e. The molecule has 3 heteroatoms. The lowest BCUT2D eigenvalue weighted by atomic mass is 9.83. The minimum atomic E-state index is -0.348. The summed E-state index contributed by atoms with van der Waals surface area (Å²) in [6.07, 6.45) is 11.4. The highest BCUT2D eigenvalue weighted by Gasteiger charge is 2.48. The van der Waals surface area contributed by atoms with Gasteiger partial charge in [-0.2, -0.15) is 0 Å². The van der Waals surface area contributed by atoms with Crippen molar-refractivity contribution in [3.63, 3.8) is 0 Å². The van der Waals surface area contributed by atoms with Gasteiger partial charge in [0.2, 0.25) is 0 Å². The van der Waals surface area contributed by atoms with Crippen LogP contribution in [0, 0.1) is 0 Å². The van der Waals surface area contributed by atoms with E-state index < -0.39 is 0 Å². The number of carbonyl (C=O) groups excluding carboxylic acids is 1. The van der Waals surface area contributed by atoms with Crippen LogP contribution in [0.2, 0.25) is 0 Å². The summed E-state index contributed by atoms with van der Waals surface area (Å²) in [4.78, 5) is 13.8. The van der Waals surface area contributed by atoms with Crippen molar-refractivity contribution in [3.8, 4) is 0 Å². The summed E-state index contributed by atoms with van der Waals surface area (Å²) < 4.78 is 5.68. The molecule has 0 atom stereocenters. The van der Waals surface area contributed by atoms with Gasteiger partial charge < -0.3 is 4.74 Å². The molecule has 2 rings (SSSR count). The van der Waals surface area contributed by atoms with Crippen LogP contribution in [0.5, 0.6) is 0 Å². The molecule has 0 unspecified atom stereocenters. The first-order chi connectivity index (χ1) is 9.19. The molecule has 0 bridgehead atoms. The molecule has 1 aliphatic carbocycles. The third-order valence-electron chi connectivity index (χ3n) is 4.50. The van der Waals surface area contributed by atoms with Crippen molar-refractivity contribution in [2.24, 2.45) is 0 Å². The molecule has 0 aromatic heterocycles. The van der Waals surface area contributed by atoms with Crippen LogP contribution in [0.15, 0.2) is 12.3 Å². The molecule has 0 N–H and O–H groups in total. The van der Waals surface area contributed by atoms with Crippen molar-refractivity contribution in [2.75, 3.05) is 6.54 Å². The van der Waals surface area contributed by atoms with Gasteiger partial charge in [-0.05, 0) is 32.1 Å². The first kappa shape index (κ1) is 14.4. The van der Waals surface area contributed by atoms with Crippen LogP contribution in [0.25, 0.3) is 0 Å². The van der Waals surface area contributed by atoms with E-state index in [0.29, 0.717) is 0 Å². The lowest BCUT2D eigenvalue weighted by Crippen LogP contribution is -2.34. The number of rotatable bonds is 6. The molecule has 1 heterocycles. The number of unbranched alkanes of at least 4 members (excludes halogenated alkanes) is 4.